The Balaban J connectivity index is 1.52. The van der Waals surface area contributed by atoms with Crippen molar-refractivity contribution in [2.45, 2.75) is 38.3 Å². The Labute approximate surface area is 145 Å². The first-order chi connectivity index (χ1) is 11.7. The second kappa shape index (κ2) is 6.59. The van der Waals surface area contributed by atoms with Crippen LogP contribution in [0.3, 0.4) is 0 Å². The Morgan fingerprint density at radius 1 is 1.29 bits per heavy atom. The average Bonchev–Trinajstić information content (AvgIpc) is 3.21. The normalized spacial score (nSPS) is 17.2. The predicted octanol–water partition coefficient (Wildman–Crippen LogP) is 2.45. The van der Waals surface area contributed by atoms with Crippen LogP contribution in [0.25, 0.3) is 0 Å². The smallest absolute Gasteiger partial charge is 0.423 e. The third kappa shape index (κ3) is 3.20. The zero-order valence-electron chi connectivity index (χ0n) is 13.1. The second-order valence-corrected chi connectivity index (χ2v) is 6.63. The fourth-order valence-electron chi connectivity index (χ4n) is 3.23. The number of fused-ring (bicyclic) bond motifs is 1. The Bertz CT molecular complexity index is 755. The van der Waals surface area contributed by atoms with Crippen LogP contribution in [0, 0.1) is 0 Å². The van der Waals surface area contributed by atoms with Crippen molar-refractivity contribution in [2.24, 2.45) is 0 Å². The lowest BCUT2D eigenvalue weighted by Crippen LogP contribution is -2.27. The minimum atomic E-state index is -0.831. The Hall–Kier alpha value is -1.83. The number of halogens is 1. The van der Waals surface area contributed by atoms with Gasteiger partial charge in [-0.2, -0.15) is 4.98 Å². The summed E-state index contributed by atoms with van der Waals surface area (Å²) in [5, 5.41) is 16.8. The summed E-state index contributed by atoms with van der Waals surface area (Å²) < 4.78 is 5.21. The van der Waals surface area contributed by atoms with Crippen LogP contribution in [-0.2, 0) is 11.3 Å². The number of hydrogen-bond donors (Lipinski definition) is 3. The number of aromatic nitrogens is 2. The number of benzene rings is 1. The van der Waals surface area contributed by atoms with Crippen LogP contribution in [0.1, 0.15) is 31.2 Å². The standard InChI is InChI=1S/C16H18BClN4O2/c18-14-8-19-16(22-15(14)20-11-3-1-2-4-11)21-12-5-6-13-10(7-12)9-24-17(13)23/h5-8,11,23H,1-4,9H2,(H2,19,20,21,22). The van der Waals surface area contributed by atoms with Gasteiger partial charge in [-0.05, 0) is 36.0 Å². The van der Waals surface area contributed by atoms with E-state index < -0.39 is 7.12 Å². The second-order valence-electron chi connectivity index (χ2n) is 6.22. The zero-order chi connectivity index (χ0) is 16.5. The summed E-state index contributed by atoms with van der Waals surface area (Å²) in [6, 6.07) is 6.10. The van der Waals surface area contributed by atoms with Gasteiger partial charge in [-0.25, -0.2) is 4.98 Å². The number of anilines is 3. The maximum absolute atomic E-state index is 9.67. The molecule has 1 fully saturated rings. The molecule has 0 atom stereocenters. The van der Waals surface area contributed by atoms with Gasteiger partial charge in [0.15, 0.2) is 5.82 Å². The van der Waals surface area contributed by atoms with Crippen molar-refractivity contribution >= 4 is 41.6 Å². The first-order valence-corrected chi connectivity index (χ1v) is 8.55. The van der Waals surface area contributed by atoms with Gasteiger partial charge in [0, 0.05) is 11.7 Å². The predicted molar refractivity (Wildman–Crippen MR) is 95.0 cm³/mol. The van der Waals surface area contributed by atoms with Crippen molar-refractivity contribution in [1.82, 2.24) is 9.97 Å². The van der Waals surface area contributed by atoms with E-state index >= 15 is 0 Å². The summed E-state index contributed by atoms with van der Waals surface area (Å²) in [4.78, 5) is 8.74. The fraction of sp³-hybridized carbons (Fsp3) is 0.375. The van der Waals surface area contributed by atoms with Crippen molar-refractivity contribution in [3.8, 4) is 0 Å². The van der Waals surface area contributed by atoms with Crippen molar-refractivity contribution < 1.29 is 9.68 Å². The summed E-state index contributed by atoms with van der Waals surface area (Å²) in [6.45, 7) is 0.405. The third-order valence-corrected chi connectivity index (χ3v) is 4.78. The highest BCUT2D eigenvalue weighted by Gasteiger charge is 2.27. The summed E-state index contributed by atoms with van der Waals surface area (Å²) in [5.41, 5.74) is 2.62. The molecule has 1 aliphatic heterocycles. The molecule has 1 aromatic heterocycles. The van der Waals surface area contributed by atoms with E-state index in [-0.39, 0.29) is 0 Å². The van der Waals surface area contributed by atoms with Gasteiger partial charge >= 0.3 is 7.12 Å². The highest BCUT2D eigenvalue weighted by atomic mass is 35.5. The number of nitrogens with zero attached hydrogens (tertiary/aromatic N) is 2. The molecule has 2 aromatic rings. The van der Waals surface area contributed by atoms with Gasteiger partial charge < -0.3 is 20.3 Å². The summed E-state index contributed by atoms with van der Waals surface area (Å²) in [5.74, 6) is 1.15. The van der Waals surface area contributed by atoms with Crippen LogP contribution in [0.15, 0.2) is 24.4 Å². The highest BCUT2D eigenvalue weighted by molar-refractivity contribution is 6.61. The molecule has 3 N–H and O–H groups in total. The third-order valence-electron chi connectivity index (χ3n) is 4.50. The van der Waals surface area contributed by atoms with Crippen LogP contribution in [-0.4, -0.2) is 28.2 Å². The SMILES string of the molecule is OB1OCc2cc(Nc3ncc(Cl)c(NC4CCCC4)n3)ccc21. The summed E-state index contributed by atoms with van der Waals surface area (Å²) >= 11 is 6.21. The molecule has 0 unspecified atom stereocenters. The minimum absolute atomic E-state index is 0.405. The lowest BCUT2D eigenvalue weighted by Gasteiger charge is -2.15. The Morgan fingerprint density at radius 2 is 2.12 bits per heavy atom. The monoisotopic (exact) mass is 344 g/mol. The summed E-state index contributed by atoms with van der Waals surface area (Å²) in [7, 11) is -0.831. The minimum Gasteiger partial charge on any atom is -0.423 e. The maximum Gasteiger partial charge on any atom is 0.491 e. The maximum atomic E-state index is 9.67. The average molecular weight is 345 g/mol. The van der Waals surface area contributed by atoms with Crippen LogP contribution >= 0.6 is 11.6 Å². The van der Waals surface area contributed by atoms with Gasteiger partial charge in [-0.15, -0.1) is 0 Å². The van der Waals surface area contributed by atoms with Crippen molar-refractivity contribution in [3.63, 3.8) is 0 Å². The molecule has 1 saturated carbocycles. The largest absolute Gasteiger partial charge is 0.491 e. The van der Waals surface area contributed by atoms with E-state index in [0.29, 0.717) is 29.4 Å². The van der Waals surface area contributed by atoms with Crippen LogP contribution in [0.4, 0.5) is 17.5 Å². The molecule has 2 heterocycles. The van der Waals surface area contributed by atoms with Crippen molar-refractivity contribution in [3.05, 3.63) is 35.0 Å². The molecule has 6 nitrogen and oxygen atoms in total. The van der Waals surface area contributed by atoms with E-state index in [1.807, 2.05) is 18.2 Å². The molecule has 1 aliphatic carbocycles. The number of nitrogens with one attached hydrogen (secondary N) is 2. The first-order valence-electron chi connectivity index (χ1n) is 8.17. The quantitative estimate of drug-likeness (QED) is 0.739. The van der Waals surface area contributed by atoms with Crippen LogP contribution < -0.4 is 16.1 Å². The van der Waals surface area contributed by atoms with Gasteiger partial charge in [0.2, 0.25) is 5.95 Å². The van der Waals surface area contributed by atoms with Gasteiger partial charge in [0.1, 0.15) is 5.02 Å². The van der Waals surface area contributed by atoms with E-state index in [4.69, 9.17) is 16.3 Å². The van der Waals surface area contributed by atoms with Crippen LogP contribution in [0.5, 0.6) is 0 Å². The van der Waals surface area contributed by atoms with E-state index in [9.17, 15) is 5.02 Å². The van der Waals surface area contributed by atoms with Crippen molar-refractivity contribution in [1.29, 1.82) is 0 Å². The highest BCUT2D eigenvalue weighted by Crippen LogP contribution is 2.27. The number of hydrogen-bond acceptors (Lipinski definition) is 6. The summed E-state index contributed by atoms with van der Waals surface area (Å²) in [6.07, 6.45) is 6.39. The van der Waals surface area contributed by atoms with Crippen LogP contribution in [0.2, 0.25) is 5.02 Å². The van der Waals surface area contributed by atoms with Gasteiger partial charge in [-0.1, -0.05) is 30.5 Å². The van der Waals surface area contributed by atoms with Gasteiger partial charge in [0.25, 0.3) is 0 Å². The van der Waals surface area contributed by atoms with E-state index in [1.54, 1.807) is 6.20 Å². The van der Waals surface area contributed by atoms with E-state index in [1.165, 1.54) is 12.8 Å². The Morgan fingerprint density at radius 3 is 2.96 bits per heavy atom. The molecule has 0 bridgehead atoms. The molecule has 24 heavy (non-hydrogen) atoms. The molecule has 0 radical (unpaired) electrons. The van der Waals surface area contributed by atoms with E-state index in [2.05, 4.69) is 20.6 Å². The number of rotatable bonds is 4. The fourth-order valence-corrected chi connectivity index (χ4v) is 3.37. The molecular weight excluding hydrogens is 326 g/mol. The van der Waals surface area contributed by atoms with E-state index in [0.717, 1.165) is 29.6 Å². The molecule has 8 heteroatoms. The lowest BCUT2D eigenvalue weighted by molar-refractivity contribution is 0.275. The molecule has 2 aliphatic rings. The molecule has 1 aromatic carbocycles. The Kier molecular flexibility index (Phi) is 4.31. The van der Waals surface area contributed by atoms with Gasteiger partial charge in [0.05, 0.1) is 12.8 Å². The molecular formula is C16H18BClN4O2. The molecule has 0 amide bonds. The first kappa shape index (κ1) is 15.7. The molecule has 124 valence electrons. The molecule has 4 rings (SSSR count). The zero-order valence-corrected chi connectivity index (χ0v) is 13.9. The molecule has 0 spiro atoms. The van der Waals surface area contributed by atoms with Gasteiger partial charge in [-0.3, -0.25) is 0 Å². The molecule has 0 saturated heterocycles. The lowest BCUT2D eigenvalue weighted by atomic mass is 9.79. The topological polar surface area (TPSA) is 79.3 Å². The van der Waals surface area contributed by atoms with Crippen molar-refractivity contribution in [2.75, 3.05) is 10.6 Å².